The summed E-state index contributed by atoms with van der Waals surface area (Å²) in [5, 5.41) is 10.8. The molecule has 20 heavy (non-hydrogen) atoms. The number of furan rings is 1. The van der Waals surface area contributed by atoms with E-state index in [2.05, 4.69) is 0 Å². The lowest BCUT2D eigenvalue weighted by Crippen LogP contribution is -2.29. The Balaban J connectivity index is 1.83. The molecule has 0 bridgehead atoms. The average Bonchev–Trinajstić information content (AvgIpc) is 3.17. The maximum atomic E-state index is 12.4. The number of thiophene rings is 1. The van der Waals surface area contributed by atoms with E-state index >= 15 is 0 Å². The molecule has 104 valence electrons. The van der Waals surface area contributed by atoms with Crippen LogP contribution >= 0.6 is 11.3 Å². The minimum absolute atomic E-state index is 0.0703. The Hall–Kier alpha value is -2.08. The number of carbonyl (C=O) groups excluding carboxylic acids is 1. The molecule has 1 amide bonds. The first kappa shape index (κ1) is 12.9. The van der Waals surface area contributed by atoms with Gasteiger partial charge in [0.05, 0.1) is 6.04 Å². The molecule has 5 nitrogen and oxygen atoms in total. The van der Waals surface area contributed by atoms with Crippen molar-refractivity contribution in [2.75, 3.05) is 6.54 Å². The van der Waals surface area contributed by atoms with Gasteiger partial charge in [-0.05, 0) is 36.4 Å². The summed E-state index contributed by atoms with van der Waals surface area (Å²) in [7, 11) is 0. The van der Waals surface area contributed by atoms with Crippen LogP contribution in [-0.4, -0.2) is 28.4 Å². The van der Waals surface area contributed by atoms with E-state index in [1.54, 1.807) is 16.2 Å². The zero-order valence-corrected chi connectivity index (χ0v) is 11.4. The molecule has 2 aromatic rings. The summed E-state index contributed by atoms with van der Waals surface area (Å²) in [5.74, 6) is -1.53. The van der Waals surface area contributed by atoms with Crippen molar-refractivity contribution in [1.29, 1.82) is 0 Å². The van der Waals surface area contributed by atoms with Crippen LogP contribution in [0.25, 0.3) is 0 Å². The first-order valence-corrected chi connectivity index (χ1v) is 7.22. The largest absolute Gasteiger partial charge is 0.475 e. The van der Waals surface area contributed by atoms with Crippen LogP contribution < -0.4 is 0 Å². The van der Waals surface area contributed by atoms with Gasteiger partial charge < -0.3 is 14.4 Å². The summed E-state index contributed by atoms with van der Waals surface area (Å²) in [6.45, 7) is 0.671. The Kier molecular flexibility index (Phi) is 3.31. The minimum Gasteiger partial charge on any atom is -0.475 e. The average molecular weight is 291 g/mol. The fraction of sp³-hybridized carbons (Fsp3) is 0.286. The van der Waals surface area contributed by atoms with Gasteiger partial charge in [-0.2, -0.15) is 0 Å². The molecule has 1 unspecified atom stereocenters. The topological polar surface area (TPSA) is 70.8 Å². The van der Waals surface area contributed by atoms with Crippen molar-refractivity contribution in [2.24, 2.45) is 0 Å². The number of amides is 1. The first-order chi connectivity index (χ1) is 9.66. The van der Waals surface area contributed by atoms with E-state index in [0.717, 1.165) is 17.7 Å². The van der Waals surface area contributed by atoms with Crippen molar-refractivity contribution in [1.82, 2.24) is 4.90 Å². The van der Waals surface area contributed by atoms with Gasteiger partial charge >= 0.3 is 5.97 Å². The van der Waals surface area contributed by atoms with Gasteiger partial charge in [0.2, 0.25) is 5.76 Å². The van der Waals surface area contributed by atoms with E-state index in [-0.39, 0.29) is 23.5 Å². The quantitative estimate of drug-likeness (QED) is 0.943. The zero-order chi connectivity index (χ0) is 14.1. The molecule has 6 heteroatoms. The molecule has 1 aliphatic heterocycles. The fourth-order valence-electron chi connectivity index (χ4n) is 2.50. The third-order valence-electron chi connectivity index (χ3n) is 3.41. The third kappa shape index (κ3) is 2.22. The van der Waals surface area contributed by atoms with Crippen LogP contribution in [0.1, 0.15) is 44.9 Å². The maximum Gasteiger partial charge on any atom is 0.371 e. The van der Waals surface area contributed by atoms with Crippen molar-refractivity contribution in [3.05, 3.63) is 46.0 Å². The number of carboxylic acid groups (broad SMARTS) is 1. The predicted octanol–water partition coefficient (Wildman–Crippen LogP) is 3.02. The standard InChI is InChI=1S/C14H13NO4S/c16-13(10-5-6-11(19-10)14(17)18)15-7-1-3-9(15)12-4-2-8-20-12/h2,4-6,8-9H,1,3,7H2,(H,17,18). The van der Waals surface area contributed by atoms with Crippen LogP contribution in [0.5, 0.6) is 0 Å². The Morgan fingerprint density at radius 1 is 1.30 bits per heavy atom. The summed E-state index contributed by atoms with van der Waals surface area (Å²) in [4.78, 5) is 26.1. The van der Waals surface area contributed by atoms with E-state index in [4.69, 9.17) is 9.52 Å². The monoisotopic (exact) mass is 291 g/mol. The predicted molar refractivity (Wildman–Crippen MR) is 73.0 cm³/mol. The van der Waals surface area contributed by atoms with Gasteiger partial charge in [0.1, 0.15) is 0 Å². The summed E-state index contributed by atoms with van der Waals surface area (Å²) in [6.07, 6.45) is 1.87. The molecule has 0 aliphatic carbocycles. The second-order valence-electron chi connectivity index (χ2n) is 4.64. The van der Waals surface area contributed by atoms with Crippen molar-refractivity contribution in [2.45, 2.75) is 18.9 Å². The lowest BCUT2D eigenvalue weighted by atomic mass is 10.2. The molecule has 1 N–H and O–H groups in total. The second kappa shape index (κ2) is 5.13. The van der Waals surface area contributed by atoms with Crippen molar-refractivity contribution >= 4 is 23.2 Å². The van der Waals surface area contributed by atoms with E-state index < -0.39 is 5.97 Å². The lowest BCUT2D eigenvalue weighted by Gasteiger charge is -2.22. The highest BCUT2D eigenvalue weighted by Gasteiger charge is 2.32. The molecule has 3 rings (SSSR count). The normalized spacial score (nSPS) is 18.4. The Labute approximate surface area is 119 Å². The Morgan fingerprint density at radius 3 is 2.75 bits per heavy atom. The van der Waals surface area contributed by atoms with E-state index in [0.29, 0.717) is 6.54 Å². The van der Waals surface area contributed by atoms with E-state index in [1.165, 1.54) is 12.1 Å². The summed E-state index contributed by atoms with van der Waals surface area (Å²) in [5.41, 5.74) is 0. The minimum atomic E-state index is -1.17. The number of rotatable bonds is 3. The highest BCUT2D eigenvalue weighted by molar-refractivity contribution is 7.10. The first-order valence-electron chi connectivity index (χ1n) is 6.34. The number of aromatic carboxylic acids is 1. The molecule has 1 saturated heterocycles. The summed E-state index contributed by atoms with van der Waals surface area (Å²) >= 11 is 1.63. The molecule has 0 spiro atoms. The van der Waals surface area contributed by atoms with Crippen LogP contribution in [-0.2, 0) is 0 Å². The van der Waals surface area contributed by atoms with Gasteiger partial charge in [-0.3, -0.25) is 4.79 Å². The summed E-state index contributed by atoms with van der Waals surface area (Å²) < 4.78 is 5.10. The Morgan fingerprint density at radius 2 is 2.10 bits per heavy atom. The molecular formula is C14H13NO4S. The number of carbonyl (C=O) groups is 2. The number of carboxylic acids is 1. The van der Waals surface area contributed by atoms with Gasteiger partial charge in [0.25, 0.3) is 5.91 Å². The van der Waals surface area contributed by atoms with Gasteiger partial charge in [0, 0.05) is 11.4 Å². The fourth-order valence-corrected chi connectivity index (χ4v) is 3.37. The summed E-state index contributed by atoms with van der Waals surface area (Å²) in [6, 6.07) is 6.80. The molecule has 0 aromatic carbocycles. The molecule has 0 saturated carbocycles. The van der Waals surface area contributed by atoms with Gasteiger partial charge in [-0.15, -0.1) is 11.3 Å². The van der Waals surface area contributed by atoms with Crippen LogP contribution in [0, 0.1) is 0 Å². The lowest BCUT2D eigenvalue weighted by molar-refractivity contribution is 0.0646. The molecular weight excluding hydrogens is 278 g/mol. The molecule has 1 aliphatic rings. The number of hydrogen-bond donors (Lipinski definition) is 1. The van der Waals surface area contributed by atoms with Crippen LogP contribution in [0.4, 0.5) is 0 Å². The van der Waals surface area contributed by atoms with Crippen molar-refractivity contribution < 1.29 is 19.1 Å². The number of nitrogens with zero attached hydrogens (tertiary/aromatic N) is 1. The second-order valence-corrected chi connectivity index (χ2v) is 5.62. The van der Waals surface area contributed by atoms with Gasteiger partial charge in [0.15, 0.2) is 5.76 Å². The highest BCUT2D eigenvalue weighted by atomic mass is 32.1. The van der Waals surface area contributed by atoms with Crippen LogP contribution in [0.2, 0.25) is 0 Å². The van der Waals surface area contributed by atoms with Gasteiger partial charge in [-0.25, -0.2) is 4.79 Å². The van der Waals surface area contributed by atoms with Crippen molar-refractivity contribution in [3.8, 4) is 0 Å². The molecule has 1 atom stereocenters. The van der Waals surface area contributed by atoms with Crippen LogP contribution in [0.3, 0.4) is 0 Å². The SMILES string of the molecule is O=C(O)c1ccc(C(=O)N2CCCC2c2cccs2)o1. The molecule has 1 fully saturated rings. The molecule has 3 heterocycles. The van der Waals surface area contributed by atoms with E-state index in [1.807, 2.05) is 17.5 Å². The maximum absolute atomic E-state index is 12.4. The zero-order valence-electron chi connectivity index (χ0n) is 10.6. The van der Waals surface area contributed by atoms with Crippen molar-refractivity contribution in [3.63, 3.8) is 0 Å². The van der Waals surface area contributed by atoms with Crippen LogP contribution in [0.15, 0.2) is 34.1 Å². The van der Waals surface area contributed by atoms with E-state index in [9.17, 15) is 9.59 Å². The highest BCUT2D eigenvalue weighted by Crippen LogP contribution is 2.35. The number of likely N-dealkylation sites (tertiary alicyclic amines) is 1. The van der Waals surface area contributed by atoms with Gasteiger partial charge in [-0.1, -0.05) is 6.07 Å². The molecule has 0 radical (unpaired) electrons. The third-order valence-corrected chi connectivity index (χ3v) is 4.39. The Bertz CT molecular complexity index is 631. The molecule has 2 aromatic heterocycles. The number of hydrogen-bond acceptors (Lipinski definition) is 4. The smallest absolute Gasteiger partial charge is 0.371 e.